The predicted molar refractivity (Wildman–Crippen MR) is 80.5 cm³/mol. The fraction of sp³-hybridized carbons (Fsp3) is 0.562. The van der Waals surface area contributed by atoms with Crippen LogP contribution in [0, 0.1) is 0 Å². The summed E-state index contributed by atoms with van der Waals surface area (Å²) in [6.45, 7) is 1.73. The molecule has 4 N–H and O–H groups in total. The second-order valence-electron chi connectivity index (χ2n) is 5.52. The number of benzene rings is 1. The number of ether oxygens (including phenoxy) is 2. The van der Waals surface area contributed by atoms with Crippen molar-refractivity contribution in [3.05, 3.63) is 35.9 Å². The van der Waals surface area contributed by atoms with Crippen molar-refractivity contribution in [3.63, 3.8) is 0 Å². The smallest absolute Gasteiger partial charge is 0.242 e. The average Bonchev–Trinajstić information content (AvgIpc) is 2.53. The Balaban J connectivity index is 1.84. The molecule has 1 fully saturated rings. The highest BCUT2D eigenvalue weighted by molar-refractivity contribution is 5.85. The van der Waals surface area contributed by atoms with Crippen molar-refractivity contribution in [3.8, 4) is 0 Å². The van der Waals surface area contributed by atoms with Crippen LogP contribution in [0.4, 0.5) is 0 Å². The maximum absolute atomic E-state index is 11.7. The molecule has 2 rings (SSSR count). The highest BCUT2D eigenvalue weighted by atomic mass is 16.5. The van der Waals surface area contributed by atoms with E-state index in [4.69, 9.17) is 20.9 Å². The number of hydrogen-bond donors (Lipinski definition) is 2. The zero-order chi connectivity index (χ0) is 15.1. The van der Waals surface area contributed by atoms with E-state index < -0.39 is 11.4 Å². The summed E-state index contributed by atoms with van der Waals surface area (Å²) in [5.74, 6) is -0.536. The minimum atomic E-state index is -1.19. The third-order valence-corrected chi connectivity index (χ3v) is 3.95. The van der Waals surface area contributed by atoms with Gasteiger partial charge in [-0.2, -0.15) is 0 Å². The number of carbonyl (C=O) groups excluding carboxylic acids is 1. The molecule has 5 nitrogen and oxygen atoms in total. The van der Waals surface area contributed by atoms with Crippen molar-refractivity contribution in [2.24, 2.45) is 11.5 Å². The van der Waals surface area contributed by atoms with Crippen LogP contribution in [0.1, 0.15) is 31.2 Å². The van der Waals surface area contributed by atoms with Gasteiger partial charge in [0.05, 0.1) is 12.7 Å². The molecule has 21 heavy (non-hydrogen) atoms. The predicted octanol–water partition coefficient (Wildman–Crippen LogP) is 1.30. The monoisotopic (exact) mass is 292 g/mol. The zero-order valence-corrected chi connectivity index (χ0v) is 12.3. The molecule has 1 heterocycles. The minimum Gasteiger partial charge on any atom is -0.379 e. The lowest BCUT2D eigenvalue weighted by molar-refractivity contribution is -0.124. The van der Waals surface area contributed by atoms with E-state index in [9.17, 15) is 4.79 Å². The molecule has 116 valence electrons. The molecule has 0 radical (unpaired) electrons. The van der Waals surface area contributed by atoms with Gasteiger partial charge in [0.15, 0.2) is 0 Å². The lowest BCUT2D eigenvalue weighted by Gasteiger charge is -2.27. The second-order valence-corrected chi connectivity index (χ2v) is 5.52. The summed E-state index contributed by atoms with van der Waals surface area (Å²) in [7, 11) is 0. The van der Waals surface area contributed by atoms with E-state index >= 15 is 0 Å². The Morgan fingerprint density at radius 1 is 1.33 bits per heavy atom. The Kier molecular flexibility index (Phi) is 5.73. The number of amides is 1. The van der Waals surface area contributed by atoms with Crippen molar-refractivity contribution in [1.29, 1.82) is 0 Å². The fourth-order valence-electron chi connectivity index (χ4n) is 2.53. The first-order valence-electron chi connectivity index (χ1n) is 7.46. The summed E-state index contributed by atoms with van der Waals surface area (Å²) in [5.41, 5.74) is 11.2. The normalized spacial score (nSPS) is 21.7. The van der Waals surface area contributed by atoms with Gasteiger partial charge in [-0.3, -0.25) is 4.79 Å². The Hall–Kier alpha value is -1.43. The summed E-state index contributed by atoms with van der Waals surface area (Å²) in [6, 6.07) is 9.19. The fourth-order valence-corrected chi connectivity index (χ4v) is 2.53. The Labute approximate surface area is 125 Å². The van der Waals surface area contributed by atoms with Crippen molar-refractivity contribution < 1.29 is 14.3 Å². The molecule has 1 aliphatic rings. The molecule has 0 bridgehead atoms. The molecule has 2 unspecified atom stereocenters. The van der Waals surface area contributed by atoms with Gasteiger partial charge in [-0.1, -0.05) is 30.3 Å². The summed E-state index contributed by atoms with van der Waals surface area (Å²) in [6.07, 6.45) is 3.86. The molecular weight excluding hydrogens is 268 g/mol. The van der Waals surface area contributed by atoms with E-state index in [1.165, 1.54) is 6.42 Å². The summed E-state index contributed by atoms with van der Waals surface area (Å²) < 4.78 is 11.2. The van der Waals surface area contributed by atoms with Gasteiger partial charge < -0.3 is 20.9 Å². The van der Waals surface area contributed by atoms with Gasteiger partial charge in [0, 0.05) is 19.6 Å². The van der Waals surface area contributed by atoms with E-state index in [2.05, 4.69) is 0 Å². The molecule has 1 saturated heterocycles. The van der Waals surface area contributed by atoms with Gasteiger partial charge in [0.25, 0.3) is 0 Å². The van der Waals surface area contributed by atoms with E-state index in [1.54, 1.807) is 0 Å². The maximum atomic E-state index is 11.7. The largest absolute Gasteiger partial charge is 0.379 e. The van der Waals surface area contributed by atoms with Crippen LogP contribution in [0.15, 0.2) is 30.3 Å². The molecule has 2 atom stereocenters. The van der Waals surface area contributed by atoms with Crippen molar-refractivity contribution >= 4 is 5.91 Å². The van der Waals surface area contributed by atoms with Gasteiger partial charge in [0.2, 0.25) is 5.91 Å². The summed E-state index contributed by atoms with van der Waals surface area (Å²) >= 11 is 0. The summed E-state index contributed by atoms with van der Waals surface area (Å²) in [5, 5.41) is 0. The SMILES string of the molecule is NC(=O)C(N)(CCOCC1CCCCO1)c1ccccc1. The molecule has 0 saturated carbocycles. The molecule has 1 aromatic carbocycles. The van der Waals surface area contributed by atoms with Gasteiger partial charge >= 0.3 is 0 Å². The number of rotatable bonds is 7. The molecule has 1 aliphatic heterocycles. The second kappa shape index (κ2) is 7.54. The standard InChI is InChI=1S/C16H24N2O3/c17-15(19)16(18,13-6-2-1-3-7-13)9-11-20-12-14-8-4-5-10-21-14/h1-3,6-7,14H,4-5,8-12,18H2,(H2,17,19). The highest BCUT2D eigenvalue weighted by Crippen LogP contribution is 2.22. The third-order valence-electron chi connectivity index (χ3n) is 3.95. The Morgan fingerprint density at radius 2 is 2.10 bits per heavy atom. The molecule has 0 aromatic heterocycles. The first-order chi connectivity index (χ1) is 10.1. The van der Waals surface area contributed by atoms with Crippen molar-refractivity contribution in [1.82, 2.24) is 0 Å². The van der Waals surface area contributed by atoms with E-state index in [1.807, 2.05) is 30.3 Å². The lowest BCUT2D eigenvalue weighted by Crippen LogP contribution is -2.50. The molecule has 5 heteroatoms. The summed E-state index contributed by atoms with van der Waals surface area (Å²) in [4.78, 5) is 11.7. The van der Waals surface area contributed by atoms with Crippen LogP contribution in [0.2, 0.25) is 0 Å². The van der Waals surface area contributed by atoms with Crippen LogP contribution in [0.5, 0.6) is 0 Å². The number of primary amides is 1. The van der Waals surface area contributed by atoms with E-state index in [-0.39, 0.29) is 6.10 Å². The lowest BCUT2D eigenvalue weighted by atomic mass is 9.87. The van der Waals surface area contributed by atoms with Gasteiger partial charge in [0.1, 0.15) is 5.54 Å². The molecule has 1 amide bonds. The highest BCUT2D eigenvalue weighted by Gasteiger charge is 2.33. The van der Waals surface area contributed by atoms with Gasteiger partial charge in [-0.05, 0) is 24.8 Å². The van der Waals surface area contributed by atoms with Crippen LogP contribution < -0.4 is 11.5 Å². The van der Waals surface area contributed by atoms with Crippen LogP contribution >= 0.6 is 0 Å². The zero-order valence-electron chi connectivity index (χ0n) is 12.3. The Bertz CT molecular complexity index is 446. The van der Waals surface area contributed by atoms with Crippen LogP contribution in [0.25, 0.3) is 0 Å². The first-order valence-corrected chi connectivity index (χ1v) is 7.46. The molecule has 0 spiro atoms. The van der Waals surface area contributed by atoms with E-state index in [0.717, 1.165) is 25.0 Å². The van der Waals surface area contributed by atoms with Crippen molar-refractivity contribution in [2.45, 2.75) is 37.3 Å². The number of hydrogen-bond acceptors (Lipinski definition) is 4. The van der Waals surface area contributed by atoms with Crippen molar-refractivity contribution in [2.75, 3.05) is 19.8 Å². The van der Waals surface area contributed by atoms with Gasteiger partial charge in [-0.15, -0.1) is 0 Å². The molecule has 0 aliphatic carbocycles. The van der Waals surface area contributed by atoms with Gasteiger partial charge in [-0.25, -0.2) is 0 Å². The quantitative estimate of drug-likeness (QED) is 0.742. The first kappa shape index (κ1) is 15.9. The average molecular weight is 292 g/mol. The van der Waals surface area contributed by atoms with E-state index in [0.29, 0.717) is 19.6 Å². The van der Waals surface area contributed by atoms with Crippen LogP contribution in [0.3, 0.4) is 0 Å². The third kappa shape index (κ3) is 4.27. The number of nitrogens with two attached hydrogens (primary N) is 2. The topological polar surface area (TPSA) is 87.6 Å². The minimum absolute atomic E-state index is 0.163. The van der Waals surface area contributed by atoms with Crippen LogP contribution in [-0.4, -0.2) is 31.8 Å². The Morgan fingerprint density at radius 3 is 2.71 bits per heavy atom. The molecule has 1 aromatic rings. The number of carbonyl (C=O) groups is 1. The maximum Gasteiger partial charge on any atom is 0.242 e. The molecular formula is C16H24N2O3. The van der Waals surface area contributed by atoms with Crippen LogP contribution in [-0.2, 0) is 19.8 Å².